The minimum absolute atomic E-state index is 0.130. The Bertz CT molecular complexity index is 540. The second kappa shape index (κ2) is 5.82. The number of hydrogen-bond acceptors (Lipinski definition) is 2. The highest BCUT2D eigenvalue weighted by Crippen LogP contribution is 2.13. The van der Waals surface area contributed by atoms with Crippen LogP contribution in [0.3, 0.4) is 0 Å². The van der Waals surface area contributed by atoms with Crippen molar-refractivity contribution in [3.63, 3.8) is 0 Å². The molecule has 1 aromatic heterocycles. The van der Waals surface area contributed by atoms with E-state index in [4.69, 9.17) is 0 Å². The van der Waals surface area contributed by atoms with Crippen LogP contribution >= 0.6 is 15.9 Å². The largest absolute Gasteiger partial charge is 0.350 e. The van der Waals surface area contributed by atoms with Gasteiger partial charge in [-0.25, -0.2) is 14.0 Å². The van der Waals surface area contributed by atoms with Crippen molar-refractivity contribution < 1.29 is 0 Å². The fourth-order valence-corrected chi connectivity index (χ4v) is 1.74. The second-order valence-corrected chi connectivity index (χ2v) is 4.18. The molecule has 0 bridgehead atoms. The first-order chi connectivity index (χ1) is 8.09. The van der Waals surface area contributed by atoms with Gasteiger partial charge in [0.25, 0.3) is 0 Å². The van der Waals surface area contributed by atoms with Crippen LogP contribution in [-0.4, -0.2) is 14.3 Å². The van der Waals surface area contributed by atoms with Crippen molar-refractivity contribution in [3.05, 3.63) is 45.0 Å². The molecule has 0 N–H and O–H groups in total. The third kappa shape index (κ3) is 2.85. The van der Waals surface area contributed by atoms with Gasteiger partial charge in [-0.05, 0) is 31.2 Å². The molecule has 0 radical (unpaired) electrons. The predicted octanol–water partition coefficient (Wildman–Crippen LogP) is 2.67. The number of rotatable bonds is 1. The van der Waals surface area contributed by atoms with E-state index in [1.165, 1.54) is 4.68 Å². The van der Waals surface area contributed by atoms with Crippen LogP contribution in [0.1, 0.15) is 19.7 Å². The van der Waals surface area contributed by atoms with Crippen molar-refractivity contribution in [3.8, 4) is 5.69 Å². The molecule has 17 heavy (non-hydrogen) atoms. The number of aromatic nitrogens is 3. The van der Waals surface area contributed by atoms with Crippen LogP contribution < -0.4 is 5.69 Å². The van der Waals surface area contributed by atoms with Gasteiger partial charge in [-0.3, -0.25) is 0 Å². The smallest absolute Gasteiger partial charge is 0.247 e. The molecule has 0 aliphatic heterocycles. The molecular formula is C12H16BrN3O. The van der Waals surface area contributed by atoms with Crippen molar-refractivity contribution in [2.24, 2.45) is 7.05 Å². The van der Waals surface area contributed by atoms with Gasteiger partial charge in [-0.15, -0.1) is 0 Å². The third-order valence-electron chi connectivity index (χ3n) is 2.17. The Labute approximate surface area is 109 Å². The van der Waals surface area contributed by atoms with Gasteiger partial charge < -0.3 is 0 Å². The zero-order chi connectivity index (χ0) is 13.0. The Kier molecular flexibility index (Phi) is 4.69. The quantitative estimate of drug-likeness (QED) is 0.812. The Balaban J connectivity index is 0.000000686. The van der Waals surface area contributed by atoms with Crippen LogP contribution in [0.2, 0.25) is 0 Å². The molecule has 0 aliphatic rings. The van der Waals surface area contributed by atoms with Crippen LogP contribution in [-0.2, 0) is 7.05 Å². The lowest BCUT2D eigenvalue weighted by Crippen LogP contribution is -2.21. The molecule has 92 valence electrons. The Morgan fingerprint density at radius 1 is 1.18 bits per heavy atom. The first-order valence-electron chi connectivity index (χ1n) is 5.48. The lowest BCUT2D eigenvalue weighted by molar-refractivity contribution is 0.723. The summed E-state index contributed by atoms with van der Waals surface area (Å²) in [4.78, 5) is 11.7. The molecule has 0 fully saturated rings. The van der Waals surface area contributed by atoms with Crippen LogP contribution in [0.4, 0.5) is 0 Å². The van der Waals surface area contributed by atoms with Gasteiger partial charge in [0, 0.05) is 11.5 Å². The summed E-state index contributed by atoms with van der Waals surface area (Å²) >= 11 is 3.35. The fraction of sp³-hybridized carbons (Fsp3) is 0.333. The highest BCUT2D eigenvalue weighted by atomic mass is 79.9. The number of nitrogens with zero attached hydrogens (tertiary/aromatic N) is 3. The zero-order valence-electron chi connectivity index (χ0n) is 10.4. The normalized spacial score (nSPS) is 9.71. The van der Waals surface area contributed by atoms with Crippen molar-refractivity contribution in [2.75, 3.05) is 0 Å². The van der Waals surface area contributed by atoms with Crippen molar-refractivity contribution >= 4 is 15.9 Å². The van der Waals surface area contributed by atoms with E-state index in [1.54, 1.807) is 11.6 Å². The topological polar surface area (TPSA) is 39.8 Å². The zero-order valence-corrected chi connectivity index (χ0v) is 12.0. The van der Waals surface area contributed by atoms with E-state index in [0.717, 1.165) is 10.2 Å². The molecule has 0 unspecified atom stereocenters. The number of benzene rings is 1. The molecular weight excluding hydrogens is 282 g/mol. The lowest BCUT2D eigenvalue weighted by Gasteiger charge is -2.01. The van der Waals surface area contributed by atoms with Crippen LogP contribution in [0, 0.1) is 6.92 Å². The molecule has 0 atom stereocenters. The molecule has 1 aromatic carbocycles. The minimum atomic E-state index is -0.130. The van der Waals surface area contributed by atoms with E-state index in [-0.39, 0.29) is 5.69 Å². The van der Waals surface area contributed by atoms with Crippen LogP contribution in [0.25, 0.3) is 5.69 Å². The van der Waals surface area contributed by atoms with E-state index >= 15 is 0 Å². The first-order valence-corrected chi connectivity index (χ1v) is 6.27. The van der Waals surface area contributed by atoms with E-state index in [9.17, 15) is 4.79 Å². The lowest BCUT2D eigenvalue weighted by atomic mass is 10.3. The summed E-state index contributed by atoms with van der Waals surface area (Å²) in [6.07, 6.45) is 0. The highest BCUT2D eigenvalue weighted by molar-refractivity contribution is 9.10. The number of halogens is 1. The van der Waals surface area contributed by atoms with E-state index in [0.29, 0.717) is 5.82 Å². The van der Waals surface area contributed by atoms with Gasteiger partial charge in [0.05, 0.1) is 5.69 Å². The Morgan fingerprint density at radius 3 is 2.12 bits per heavy atom. The van der Waals surface area contributed by atoms with Crippen LogP contribution in [0.15, 0.2) is 33.5 Å². The molecule has 0 saturated carbocycles. The minimum Gasteiger partial charge on any atom is -0.247 e. The highest BCUT2D eigenvalue weighted by Gasteiger charge is 2.08. The van der Waals surface area contributed by atoms with Crippen LogP contribution in [0.5, 0.6) is 0 Å². The van der Waals surface area contributed by atoms with E-state index in [2.05, 4.69) is 21.0 Å². The average molecular weight is 298 g/mol. The summed E-state index contributed by atoms with van der Waals surface area (Å²) in [5.41, 5.74) is 0.698. The SMILES string of the molecule is CC.Cc1nn(C)c(=O)n1-c1ccc(Br)cc1. The summed E-state index contributed by atoms with van der Waals surface area (Å²) in [6.45, 7) is 5.81. The fourth-order valence-electron chi connectivity index (χ4n) is 1.48. The second-order valence-electron chi connectivity index (χ2n) is 3.27. The molecule has 0 aliphatic carbocycles. The van der Waals surface area contributed by atoms with Gasteiger partial charge in [0.2, 0.25) is 0 Å². The van der Waals surface area contributed by atoms with Gasteiger partial charge in [-0.1, -0.05) is 29.8 Å². The van der Waals surface area contributed by atoms with E-state index in [1.807, 2.05) is 45.0 Å². The first kappa shape index (κ1) is 13.7. The molecule has 0 saturated heterocycles. The van der Waals surface area contributed by atoms with Gasteiger partial charge >= 0.3 is 5.69 Å². The monoisotopic (exact) mass is 297 g/mol. The van der Waals surface area contributed by atoms with Crippen molar-refractivity contribution in [1.29, 1.82) is 0 Å². The average Bonchev–Trinajstić information content (AvgIpc) is 2.58. The van der Waals surface area contributed by atoms with E-state index < -0.39 is 0 Å². The van der Waals surface area contributed by atoms with Crippen molar-refractivity contribution in [2.45, 2.75) is 20.8 Å². The Morgan fingerprint density at radius 2 is 1.71 bits per heavy atom. The molecule has 4 nitrogen and oxygen atoms in total. The summed E-state index contributed by atoms with van der Waals surface area (Å²) in [7, 11) is 1.64. The number of aryl methyl sites for hydroxylation is 2. The summed E-state index contributed by atoms with van der Waals surface area (Å²) in [5, 5.41) is 4.06. The molecule has 0 spiro atoms. The summed E-state index contributed by atoms with van der Waals surface area (Å²) < 4.78 is 3.89. The molecule has 2 rings (SSSR count). The van der Waals surface area contributed by atoms with Gasteiger partial charge in [0.15, 0.2) is 0 Å². The van der Waals surface area contributed by atoms with Gasteiger partial charge in [0.1, 0.15) is 5.82 Å². The third-order valence-corrected chi connectivity index (χ3v) is 2.70. The maximum Gasteiger partial charge on any atom is 0.350 e. The Hall–Kier alpha value is -1.36. The molecule has 5 heteroatoms. The van der Waals surface area contributed by atoms with Crippen molar-refractivity contribution in [1.82, 2.24) is 14.3 Å². The standard InChI is InChI=1S/C10H10BrN3O.C2H6/c1-7-12-13(2)10(15)14(7)9-5-3-8(11)4-6-9;1-2/h3-6H,1-2H3;1-2H3. The summed E-state index contributed by atoms with van der Waals surface area (Å²) in [5.74, 6) is 0.685. The molecule has 1 heterocycles. The maximum absolute atomic E-state index is 11.7. The maximum atomic E-state index is 11.7. The predicted molar refractivity (Wildman–Crippen MR) is 72.6 cm³/mol. The van der Waals surface area contributed by atoms with Gasteiger partial charge in [-0.2, -0.15) is 5.10 Å². The number of hydrogen-bond donors (Lipinski definition) is 0. The molecule has 2 aromatic rings. The molecule has 0 amide bonds. The summed E-state index contributed by atoms with van der Waals surface area (Å²) in [6, 6.07) is 7.54.